The van der Waals surface area contributed by atoms with Crippen LogP contribution in [0, 0.1) is 0 Å². The van der Waals surface area contributed by atoms with Crippen molar-refractivity contribution >= 4 is 28.6 Å². The van der Waals surface area contributed by atoms with E-state index in [4.69, 9.17) is 11.6 Å². The molecule has 0 atom stereocenters. The maximum absolute atomic E-state index is 10.3. The molecule has 1 nitrogen and oxygen atoms in total. The monoisotopic (exact) mass is 148 g/mol. The predicted octanol–water partition coefficient (Wildman–Crippen LogP) is 1.77. The highest BCUT2D eigenvalue weighted by atomic mass is 35.5. The lowest BCUT2D eigenvalue weighted by molar-refractivity contribution is -0.107. The molecule has 8 heavy (non-hydrogen) atoms. The zero-order valence-corrected chi connectivity index (χ0v) is 5.76. The Hall–Kier alpha value is 0.0500. The van der Waals surface area contributed by atoms with E-state index in [2.05, 4.69) is 0 Å². The van der Waals surface area contributed by atoms with Crippen LogP contribution in [-0.2, 0) is 4.79 Å². The highest BCUT2D eigenvalue weighted by molar-refractivity contribution is 8.04. The molecular formula is C5H5ClOS. The van der Waals surface area contributed by atoms with Crippen molar-refractivity contribution in [2.45, 2.75) is 6.42 Å². The van der Waals surface area contributed by atoms with Crippen molar-refractivity contribution in [2.24, 2.45) is 0 Å². The van der Waals surface area contributed by atoms with Crippen LogP contribution in [0.4, 0.5) is 0 Å². The second-order valence-electron chi connectivity index (χ2n) is 1.48. The van der Waals surface area contributed by atoms with Crippen LogP contribution < -0.4 is 0 Å². The Morgan fingerprint density at radius 2 is 2.62 bits per heavy atom. The van der Waals surface area contributed by atoms with Crippen molar-refractivity contribution in [3.05, 3.63) is 11.0 Å². The number of allylic oxidation sites excluding steroid dienone is 2. The number of rotatable bonds is 1. The number of carbonyl (C=O) groups is 1. The number of carbonyl (C=O) groups excluding carboxylic acids is 1. The largest absolute Gasteiger partial charge is 0.275 e. The summed E-state index contributed by atoms with van der Waals surface area (Å²) in [6.07, 6.45) is 2.86. The Balaban J connectivity index is 2.57. The molecule has 0 spiro atoms. The third-order valence-electron chi connectivity index (χ3n) is 0.899. The van der Waals surface area contributed by atoms with Crippen molar-refractivity contribution in [2.75, 3.05) is 5.75 Å². The van der Waals surface area contributed by atoms with Gasteiger partial charge in [0.1, 0.15) is 0 Å². The molecule has 0 bridgehead atoms. The first-order valence-corrected chi connectivity index (χ1v) is 3.70. The van der Waals surface area contributed by atoms with E-state index >= 15 is 0 Å². The standard InChI is InChI=1S/C5H5ClOS/c6-5(7)4-2-1-3-8-4/h2H,1,3H2. The third-order valence-corrected chi connectivity index (χ3v) is 2.32. The van der Waals surface area contributed by atoms with Gasteiger partial charge in [-0.1, -0.05) is 6.08 Å². The van der Waals surface area contributed by atoms with E-state index in [1.54, 1.807) is 0 Å². The van der Waals surface area contributed by atoms with E-state index in [0.29, 0.717) is 4.91 Å². The van der Waals surface area contributed by atoms with E-state index in [1.165, 1.54) is 11.8 Å². The zero-order valence-electron chi connectivity index (χ0n) is 4.19. The van der Waals surface area contributed by atoms with Gasteiger partial charge in [0.25, 0.3) is 5.24 Å². The molecule has 0 aromatic heterocycles. The first-order chi connectivity index (χ1) is 3.80. The lowest BCUT2D eigenvalue weighted by atomic mass is 10.4. The molecule has 0 saturated heterocycles. The molecule has 3 heteroatoms. The lowest BCUT2D eigenvalue weighted by Gasteiger charge is -1.86. The van der Waals surface area contributed by atoms with Crippen LogP contribution in [0.1, 0.15) is 6.42 Å². The van der Waals surface area contributed by atoms with Gasteiger partial charge in [-0.3, -0.25) is 4.79 Å². The second-order valence-corrected chi connectivity index (χ2v) is 2.96. The van der Waals surface area contributed by atoms with Gasteiger partial charge in [-0.05, 0) is 18.0 Å². The van der Waals surface area contributed by atoms with E-state index in [1.807, 2.05) is 6.08 Å². The minimum Gasteiger partial charge on any atom is -0.275 e. The molecule has 0 N–H and O–H groups in total. The molecule has 1 aliphatic heterocycles. The van der Waals surface area contributed by atoms with Crippen molar-refractivity contribution in [1.82, 2.24) is 0 Å². The molecule has 0 radical (unpaired) electrons. The van der Waals surface area contributed by atoms with Gasteiger partial charge in [0.05, 0.1) is 4.91 Å². The maximum Gasteiger partial charge on any atom is 0.258 e. The van der Waals surface area contributed by atoms with Gasteiger partial charge in [0, 0.05) is 5.75 Å². The molecule has 1 aliphatic rings. The fraction of sp³-hybridized carbons (Fsp3) is 0.400. The van der Waals surface area contributed by atoms with Crippen LogP contribution in [-0.4, -0.2) is 11.0 Å². The van der Waals surface area contributed by atoms with Gasteiger partial charge < -0.3 is 0 Å². The molecule has 0 fully saturated rings. The Labute approximate surface area is 57.1 Å². The summed E-state index contributed by atoms with van der Waals surface area (Å²) in [5.41, 5.74) is 0. The Morgan fingerprint density at radius 1 is 1.88 bits per heavy atom. The lowest BCUT2D eigenvalue weighted by Crippen LogP contribution is -1.82. The predicted molar refractivity (Wildman–Crippen MR) is 36.0 cm³/mol. The van der Waals surface area contributed by atoms with Crippen molar-refractivity contribution in [1.29, 1.82) is 0 Å². The fourth-order valence-electron chi connectivity index (χ4n) is 0.555. The summed E-state index contributed by atoms with van der Waals surface area (Å²) in [7, 11) is 0. The number of thioether (sulfide) groups is 1. The molecule has 44 valence electrons. The average molecular weight is 149 g/mol. The van der Waals surface area contributed by atoms with E-state index in [0.717, 1.165) is 12.2 Å². The summed E-state index contributed by atoms with van der Waals surface area (Å²) in [5.74, 6) is 1.01. The van der Waals surface area contributed by atoms with Crippen LogP contribution in [0.3, 0.4) is 0 Å². The normalized spacial score (nSPS) is 18.4. The Kier molecular flexibility index (Phi) is 1.97. The SMILES string of the molecule is O=C(Cl)C1=CCCS1. The molecule has 0 aromatic rings. The summed E-state index contributed by atoms with van der Waals surface area (Å²) in [4.78, 5) is 11.0. The molecule has 0 aromatic carbocycles. The molecule has 0 aliphatic carbocycles. The number of hydrogen-bond donors (Lipinski definition) is 0. The van der Waals surface area contributed by atoms with Crippen LogP contribution in [0.25, 0.3) is 0 Å². The van der Waals surface area contributed by atoms with Gasteiger partial charge in [0.2, 0.25) is 0 Å². The molecule has 0 saturated carbocycles. The average Bonchev–Trinajstić information content (AvgIpc) is 2.12. The minimum atomic E-state index is -0.312. The van der Waals surface area contributed by atoms with Gasteiger partial charge >= 0.3 is 0 Å². The number of hydrogen-bond acceptors (Lipinski definition) is 2. The van der Waals surface area contributed by atoms with Gasteiger partial charge in [0.15, 0.2) is 0 Å². The highest BCUT2D eigenvalue weighted by Crippen LogP contribution is 2.25. The van der Waals surface area contributed by atoms with Crippen LogP contribution >= 0.6 is 23.4 Å². The number of halogens is 1. The minimum absolute atomic E-state index is 0.312. The quantitative estimate of drug-likeness (QED) is 0.528. The first-order valence-electron chi connectivity index (χ1n) is 2.33. The van der Waals surface area contributed by atoms with E-state index < -0.39 is 0 Å². The Bertz CT molecular complexity index is 141. The summed E-state index contributed by atoms with van der Waals surface area (Å²) in [5, 5.41) is -0.312. The zero-order chi connectivity index (χ0) is 5.98. The molecule has 1 heterocycles. The van der Waals surface area contributed by atoms with Crippen LogP contribution in [0.5, 0.6) is 0 Å². The van der Waals surface area contributed by atoms with Crippen molar-refractivity contribution in [3.63, 3.8) is 0 Å². The summed E-state index contributed by atoms with van der Waals surface area (Å²) in [6.45, 7) is 0. The van der Waals surface area contributed by atoms with E-state index in [9.17, 15) is 4.79 Å². The smallest absolute Gasteiger partial charge is 0.258 e. The fourth-order valence-corrected chi connectivity index (χ4v) is 1.60. The molecule has 1 rings (SSSR count). The maximum atomic E-state index is 10.3. The Morgan fingerprint density at radius 3 is 2.88 bits per heavy atom. The molecule has 0 amide bonds. The topological polar surface area (TPSA) is 17.1 Å². The van der Waals surface area contributed by atoms with Crippen LogP contribution in [0.15, 0.2) is 11.0 Å². The van der Waals surface area contributed by atoms with Crippen molar-refractivity contribution < 1.29 is 4.79 Å². The highest BCUT2D eigenvalue weighted by Gasteiger charge is 2.09. The summed E-state index contributed by atoms with van der Waals surface area (Å²) < 4.78 is 0. The van der Waals surface area contributed by atoms with Crippen LogP contribution in [0.2, 0.25) is 0 Å². The van der Waals surface area contributed by atoms with Gasteiger partial charge in [-0.2, -0.15) is 0 Å². The second kappa shape index (κ2) is 2.55. The van der Waals surface area contributed by atoms with E-state index in [-0.39, 0.29) is 5.24 Å². The molecule has 0 unspecified atom stereocenters. The summed E-state index contributed by atoms with van der Waals surface area (Å²) in [6, 6.07) is 0. The molecular weight excluding hydrogens is 144 g/mol. The van der Waals surface area contributed by atoms with Crippen molar-refractivity contribution in [3.8, 4) is 0 Å². The summed E-state index contributed by atoms with van der Waals surface area (Å²) >= 11 is 6.69. The first kappa shape index (κ1) is 6.17. The van der Waals surface area contributed by atoms with Gasteiger partial charge in [-0.25, -0.2) is 0 Å². The third kappa shape index (κ3) is 1.26. The van der Waals surface area contributed by atoms with Gasteiger partial charge in [-0.15, -0.1) is 11.8 Å².